The summed E-state index contributed by atoms with van der Waals surface area (Å²) in [6, 6.07) is 16.8. The Kier molecular flexibility index (Phi) is 4.77. The molecule has 1 aromatic heterocycles. The first kappa shape index (κ1) is 18.4. The standard InChI is InChI=1S/C23H23N3OS/c1-4-17-11-8-12-19-18(13-20-22(27)25(3)23(28)24(20)2)15-26(21(17)19)14-16-9-6-5-7-10-16/h5-13,15H,4,14H2,1-3H3/b20-13-. The summed E-state index contributed by atoms with van der Waals surface area (Å²) < 4.78 is 2.29. The first-order valence-corrected chi connectivity index (χ1v) is 9.84. The van der Waals surface area contributed by atoms with Gasteiger partial charge < -0.3 is 9.47 Å². The zero-order chi connectivity index (χ0) is 19.8. The van der Waals surface area contributed by atoms with Crippen LogP contribution in [0.2, 0.25) is 0 Å². The second-order valence-corrected chi connectivity index (χ2v) is 7.47. The van der Waals surface area contributed by atoms with Crippen LogP contribution in [0.1, 0.15) is 23.6 Å². The summed E-state index contributed by atoms with van der Waals surface area (Å²) in [5.74, 6) is -0.0666. The van der Waals surface area contributed by atoms with E-state index in [4.69, 9.17) is 12.2 Å². The molecule has 0 radical (unpaired) electrons. The average Bonchev–Trinajstić information content (AvgIpc) is 3.15. The van der Waals surface area contributed by atoms with Gasteiger partial charge in [-0.05, 0) is 35.8 Å². The lowest BCUT2D eigenvalue weighted by Crippen LogP contribution is -2.26. The van der Waals surface area contributed by atoms with Gasteiger partial charge in [-0.1, -0.05) is 55.5 Å². The number of hydrogen-bond acceptors (Lipinski definition) is 2. The fourth-order valence-electron chi connectivity index (χ4n) is 3.81. The number of likely N-dealkylation sites (N-methyl/N-ethyl adjacent to an activating group) is 2. The van der Waals surface area contributed by atoms with E-state index < -0.39 is 0 Å². The molecule has 5 heteroatoms. The quantitative estimate of drug-likeness (QED) is 0.492. The molecule has 142 valence electrons. The third-order valence-corrected chi connectivity index (χ3v) is 5.89. The Morgan fingerprint density at radius 2 is 1.75 bits per heavy atom. The van der Waals surface area contributed by atoms with Gasteiger partial charge >= 0.3 is 0 Å². The van der Waals surface area contributed by atoms with E-state index in [1.165, 1.54) is 21.5 Å². The molecule has 0 aliphatic carbocycles. The van der Waals surface area contributed by atoms with E-state index in [0.29, 0.717) is 10.8 Å². The lowest BCUT2D eigenvalue weighted by molar-refractivity contribution is -0.121. The van der Waals surface area contributed by atoms with Crippen molar-refractivity contribution >= 4 is 40.2 Å². The largest absolute Gasteiger partial charge is 0.342 e. The molecule has 2 heterocycles. The SMILES string of the molecule is CCc1cccc2c(/C=C3/C(=O)N(C)C(=S)N3C)cn(Cc3ccccc3)c12. The average molecular weight is 390 g/mol. The van der Waals surface area contributed by atoms with Crippen LogP contribution in [0.25, 0.3) is 17.0 Å². The van der Waals surface area contributed by atoms with Crippen molar-refractivity contribution in [2.24, 2.45) is 0 Å². The second-order valence-electron chi connectivity index (χ2n) is 7.10. The fraction of sp³-hybridized carbons (Fsp3) is 0.217. The number of nitrogens with zero attached hydrogens (tertiary/aromatic N) is 3. The van der Waals surface area contributed by atoms with Gasteiger partial charge in [-0.2, -0.15) is 0 Å². The van der Waals surface area contributed by atoms with Gasteiger partial charge in [-0.3, -0.25) is 9.69 Å². The molecular formula is C23H23N3OS. The third-order valence-electron chi connectivity index (χ3n) is 5.34. The van der Waals surface area contributed by atoms with Crippen molar-refractivity contribution in [2.75, 3.05) is 14.1 Å². The number of thiocarbonyl (C=S) groups is 1. The lowest BCUT2D eigenvalue weighted by Gasteiger charge is -2.10. The summed E-state index contributed by atoms with van der Waals surface area (Å²) in [6.45, 7) is 2.97. The van der Waals surface area contributed by atoms with Gasteiger partial charge in [0.05, 0.1) is 5.52 Å². The van der Waals surface area contributed by atoms with E-state index in [0.717, 1.165) is 23.9 Å². The number of fused-ring (bicyclic) bond motifs is 1. The smallest absolute Gasteiger partial charge is 0.276 e. The van der Waals surface area contributed by atoms with Crippen LogP contribution >= 0.6 is 12.2 Å². The fourth-order valence-corrected chi connectivity index (χ4v) is 3.99. The zero-order valence-electron chi connectivity index (χ0n) is 16.3. The number of aromatic nitrogens is 1. The third kappa shape index (κ3) is 3.02. The molecule has 0 bridgehead atoms. The van der Waals surface area contributed by atoms with E-state index in [9.17, 15) is 4.79 Å². The van der Waals surface area contributed by atoms with Gasteiger partial charge in [0.2, 0.25) is 0 Å². The lowest BCUT2D eigenvalue weighted by atomic mass is 10.1. The molecule has 0 saturated carbocycles. The molecule has 4 nitrogen and oxygen atoms in total. The molecule has 0 unspecified atom stereocenters. The van der Waals surface area contributed by atoms with Gasteiger partial charge in [0, 0.05) is 37.8 Å². The highest BCUT2D eigenvalue weighted by molar-refractivity contribution is 7.80. The number of amides is 1. The summed E-state index contributed by atoms with van der Waals surface area (Å²) in [5.41, 5.74) is 5.42. The predicted molar refractivity (Wildman–Crippen MR) is 118 cm³/mol. The van der Waals surface area contributed by atoms with Crippen LogP contribution in [0.4, 0.5) is 0 Å². The van der Waals surface area contributed by atoms with Crippen molar-refractivity contribution in [3.63, 3.8) is 0 Å². The van der Waals surface area contributed by atoms with Crippen LogP contribution in [-0.4, -0.2) is 39.5 Å². The molecule has 1 fully saturated rings. The van der Waals surface area contributed by atoms with Gasteiger partial charge in [-0.15, -0.1) is 0 Å². The molecular weight excluding hydrogens is 366 g/mol. The zero-order valence-corrected chi connectivity index (χ0v) is 17.2. The maximum atomic E-state index is 12.6. The predicted octanol–water partition coefficient (Wildman–Crippen LogP) is 4.28. The minimum Gasteiger partial charge on any atom is -0.342 e. The Hall–Kier alpha value is -2.92. The summed E-state index contributed by atoms with van der Waals surface area (Å²) in [5, 5.41) is 1.68. The number of hydrogen-bond donors (Lipinski definition) is 0. The highest BCUT2D eigenvalue weighted by Crippen LogP contribution is 2.30. The molecule has 1 aliphatic heterocycles. The van der Waals surface area contributed by atoms with Crippen LogP contribution in [0, 0.1) is 0 Å². The highest BCUT2D eigenvalue weighted by atomic mass is 32.1. The van der Waals surface area contributed by atoms with Crippen LogP contribution < -0.4 is 0 Å². The van der Waals surface area contributed by atoms with Crippen molar-refractivity contribution in [2.45, 2.75) is 19.9 Å². The molecule has 1 saturated heterocycles. The molecule has 4 rings (SSSR count). The van der Waals surface area contributed by atoms with E-state index in [-0.39, 0.29) is 5.91 Å². The second kappa shape index (κ2) is 7.24. The van der Waals surface area contributed by atoms with Crippen molar-refractivity contribution < 1.29 is 4.79 Å². The minimum absolute atomic E-state index is 0.0666. The van der Waals surface area contributed by atoms with Gasteiger partial charge in [0.15, 0.2) is 5.11 Å². The molecule has 2 aromatic carbocycles. The van der Waals surface area contributed by atoms with Gasteiger partial charge in [0.25, 0.3) is 5.91 Å². The maximum absolute atomic E-state index is 12.6. The number of aryl methyl sites for hydroxylation is 1. The summed E-state index contributed by atoms with van der Waals surface area (Å²) in [4.78, 5) is 15.9. The molecule has 3 aromatic rings. The highest BCUT2D eigenvalue weighted by Gasteiger charge is 2.33. The molecule has 28 heavy (non-hydrogen) atoms. The van der Waals surface area contributed by atoms with Gasteiger partial charge in [0.1, 0.15) is 5.70 Å². The number of carbonyl (C=O) groups is 1. The van der Waals surface area contributed by atoms with Crippen molar-refractivity contribution in [1.82, 2.24) is 14.4 Å². The summed E-state index contributed by atoms with van der Waals surface area (Å²) in [7, 11) is 3.56. The molecule has 1 amide bonds. The Labute approximate surface area is 170 Å². The van der Waals surface area contributed by atoms with E-state index in [1.54, 1.807) is 11.9 Å². The number of rotatable bonds is 4. The number of carbonyl (C=O) groups excluding carboxylic acids is 1. The van der Waals surface area contributed by atoms with Crippen LogP contribution in [0.5, 0.6) is 0 Å². The Balaban J connectivity index is 1.87. The van der Waals surface area contributed by atoms with E-state index in [2.05, 4.69) is 60.2 Å². The summed E-state index contributed by atoms with van der Waals surface area (Å²) in [6.07, 6.45) is 5.06. The summed E-state index contributed by atoms with van der Waals surface area (Å²) >= 11 is 5.35. The van der Waals surface area contributed by atoms with Crippen molar-refractivity contribution in [3.8, 4) is 0 Å². The first-order chi connectivity index (χ1) is 13.5. The van der Waals surface area contributed by atoms with Crippen LogP contribution in [0.15, 0.2) is 60.4 Å². The first-order valence-electron chi connectivity index (χ1n) is 9.43. The Morgan fingerprint density at radius 1 is 1.00 bits per heavy atom. The Bertz CT molecular complexity index is 1100. The van der Waals surface area contributed by atoms with Crippen LogP contribution in [0.3, 0.4) is 0 Å². The Morgan fingerprint density at radius 3 is 2.39 bits per heavy atom. The maximum Gasteiger partial charge on any atom is 0.276 e. The minimum atomic E-state index is -0.0666. The van der Waals surface area contributed by atoms with Crippen molar-refractivity contribution in [3.05, 3.63) is 77.1 Å². The molecule has 0 spiro atoms. The number of benzene rings is 2. The number of para-hydroxylation sites is 1. The molecule has 1 aliphatic rings. The van der Waals surface area contributed by atoms with E-state index >= 15 is 0 Å². The van der Waals surface area contributed by atoms with Gasteiger partial charge in [-0.25, -0.2) is 0 Å². The normalized spacial score (nSPS) is 16.0. The van der Waals surface area contributed by atoms with Crippen LogP contribution in [-0.2, 0) is 17.8 Å². The van der Waals surface area contributed by atoms with E-state index in [1.807, 2.05) is 19.2 Å². The monoisotopic (exact) mass is 389 g/mol. The molecule has 0 atom stereocenters. The van der Waals surface area contributed by atoms with Crippen molar-refractivity contribution in [1.29, 1.82) is 0 Å². The molecule has 0 N–H and O–H groups in total. The topological polar surface area (TPSA) is 28.5 Å².